The van der Waals surface area contributed by atoms with Gasteiger partial charge in [-0.1, -0.05) is 18.2 Å². The Balaban J connectivity index is 1.71. The van der Waals surface area contributed by atoms with Crippen LogP contribution in [-0.4, -0.2) is 41.4 Å². The number of hydrogen-bond donors (Lipinski definition) is 0. The van der Waals surface area contributed by atoms with Crippen LogP contribution < -0.4 is 4.74 Å². The van der Waals surface area contributed by atoms with Crippen molar-refractivity contribution in [1.82, 2.24) is 34.3 Å². The van der Waals surface area contributed by atoms with Crippen LogP contribution in [0.5, 0.6) is 5.88 Å². The minimum Gasteiger partial charge on any atom is -0.479 e. The van der Waals surface area contributed by atoms with Gasteiger partial charge in [0.25, 0.3) is 0 Å². The quantitative estimate of drug-likeness (QED) is 0.492. The van der Waals surface area contributed by atoms with Gasteiger partial charge in [-0.05, 0) is 18.2 Å². The molecular weight excluding hydrogens is 342 g/mol. The lowest BCUT2D eigenvalue weighted by Crippen LogP contribution is -2.09. The van der Waals surface area contributed by atoms with Crippen molar-refractivity contribution < 1.29 is 4.74 Å². The van der Waals surface area contributed by atoms with Gasteiger partial charge < -0.3 is 4.74 Å². The van der Waals surface area contributed by atoms with Crippen LogP contribution in [0.1, 0.15) is 5.82 Å². The number of aromatic nitrogens is 7. The van der Waals surface area contributed by atoms with E-state index in [0.29, 0.717) is 12.4 Å². The summed E-state index contributed by atoms with van der Waals surface area (Å²) in [5, 5.41) is 4.47. The molecule has 0 aliphatic rings. The fourth-order valence-corrected chi connectivity index (χ4v) is 3.25. The van der Waals surface area contributed by atoms with Crippen LogP contribution in [0, 0.1) is 0 Å². The third-order valence-corrected chi connectivity index (χ3v) is 4.42. The van der Waals surface area contributed by atoms with E-state index in [9.17, 15) is 0 Å². The highest BCUT2D eigenvalue weighted by molar-refractivity contribution is 5.79. The van der Waals surface area contributed by atoms with Gasteiger partial charge in [0.1, 0.15) is 35.2 Å². The van der Waals surface area contributed by atoms with E-state index in [1.165, 1.54) is 6.33 Å². The smallest absolute Gasteiger partial charge is 0.243 e. The topological polar surface area (TPSA) is 83.5 Å². The van der Waals surface area contributed by atoms with Crippen LogP contribution in [0.15, 0.2) is 61.3 Å². The molecule has 0 saturated carbocycles. The normalized spacial score (nSPS) is 11.3. The second-order valence-corrected chi connectivity index (χ2v) is 5.98. The monoisotopic (exact) mass is 357 g/mol. The minimum atomic E-state index is 0.441. The van der Waals surface area contributed by atoms with E-state index in [4.69, 9.17) is 9.72 Å². The van der Waals surface area contributed by atoms with Gasteiger partial charge in [-0.3, -0.25) is 14.2 Å². The number of hydrogen-bond acceptors (Lipinski definition) is 6. The lowest BCUT2D eigenvalue weighted by Gasteiger charge is -2.10. The molecule has 0 saturated heterocycles. The van der Waals surface area contributed by atoms with Crippen LogP contribution in [0.4, 0.5) is 0 Å². The van der Waals surface area contributed by atoms with Crippen molar-refractivity contribution >= 4 is 22.1 Å². The molecule has 0 atom stereocenters. The zero-order valence-electron chi connectivity index (χ0n) is 14.5. The van der Waals surface area contributed by atoms with Crippen molar-refractivity contribution in [3.05, 3.63) is 67.1 Å². The summed E-state index contributed by atoms with van der Waals surface area (Å²) in [7, 11) is 1.59. The Labute approximate surface area is 154 Å². The number of methoxy groups -OCH3 is 1. The zero-order chi connectivity index (χ0) is 18.2. The van der Waals surface area contributed by atoms with Crippen molar-refractivity contribution in [2.24, 2.45) is 0 Å². The SMILES string of the molecule is COc1ncnc2cnn(Cc3nc4cnccc4n3-c3ccccc3)c12. The highest BCUT2D eigenvalue weighted by Crippen LogP contribution is 2.24. The summed E-state index contributed by atoms with van der Waals surface area (Å²) in [4.78, 5) is 17.4. The Kier molecular flexibility index (Phi) is 3.53. The molecule has 0 amide bonds. The summed E-state index contributed by atoms with van der Waals surface area (Å²) in [6.45, 7) is 0.441. The molecule has 0 N–H and O–H groups in total. The number of rotatable bonds is 4. The lowest BCUT2D eigenvalue weighted by molar-refractivity contribution is 0.399. The van der Waals surface area contributed by atoms with E-state index in [1.54, 1.807) is 25.7 Å². The Morgan fingerprint density at radius 2 is 1.89 bits per heavy atom. The van der Waals surface area contributed by atoms with Gasteiger partial charge in [-0.15, -0.1) is 0 Å². The maximum absolute atomic E-state index is 5.39. The van der Waals surface area contributed by atoms with Crippen molar-refractivity contribution in [1.29, 1.82) is 0 Å². The molecule has 5 rings (SSSR count). The summed E-state index contributed by atoms with van der Waals surface area (Å²) >= 11 is 0. The van der Waals surface area contributed by atoms with E-state index in [1.807, 2.05) is 28.9 Å². The molecule has 4 aromatic heterocycles. The van der Waals surface area contributed by atoms with Crippen molar-refractivity contribution in [2.45, 2.75) is 6.54 Å². The number of fused-ring (bicyclic) bond motifs is 2. The fourth-order valence-electron chi connectivity index (χ4n) is 3.25. The van der Waals surface area contributed by atoms with E-state index in [2.05, 4.69) is 36.8 Å². The molecule has 5 aromatic rings. The molecule has 132 valence electrons. The molecule has 0 spiro atoms. The summed E-state index contributed by atoms with van der Waals surface area (Å²) in [6.07, 6.45) is 6.71. The predicted molar refractivity (Wildman–Crippen MR) is 99.8 cm³/mol. The second kappa shape index (κ2) is 6.17. The molecule has 27 heavy (non-hydrogen) atoms. The van der Waals surface area contributed by atoms with Crippen LogP contribution in [0.3, 0.4) is 0 Å². The summed E-state index contributed by atoms with van der Waals surface area (Å²) in [5.74, 6) is 1.32. The molecule has 0 radical (unpaired) electrons. The predicted octanol–water partition coefficient (Wildman–Crippen LogP) is 2.62. The van der Waals surface area contributed by atoms with E-state index < -0.39 is 0 Å². The summed E-state index contributed by atoms with van der Waals surface area (Å²) < 4.78 is 9.31. The van der Waals surface area contributed by atoms with Gasteiger partial charge >= 0.3 is 0 Å². The lowest BCUT2D eigenvalue weighted by atomic mass is 10.3. The first-order chi connectivity index (χ1) is 13.3. The molecule has 0 aliphatic carbocycles. The van der Waals surface area contributed by atoms with Gasteiger partial charge in [0.2, 0.25) is 5.88 Å². The molecule has 0 unspecified atom stereocenters. The van der Waals surface area contributed by atoms with Crippen molar-refractivity contribution in [2.75, 3.05) is 7.11 Å². The number of ether oxygens (including phenoxy) is 1. The van der Waals surface area contributed by atoms with Crippen molar-refractivity contribution in [3.63, 3.8) is 0 Å². The van der Waals surface area contributed by atoms with E-state index in [-0.39, 0.29) is 0 Å². The molecule has 8 heteroatoms. The number of nitrogens with zero attached hydrogens (tertiary/aromatic N) is 7. The van der Waals surface area contributed by atoms with Gasteiger partial charge in [-0.25, -0.2) is 9.97 Å². The van der Waals surface area contributed by atoms with Gasteiger partial charge in [0.15, 0.2) is 0 Å². The first kappa shape index (κ1) is 15.4. The van der Waals surface area contributed by atoms with Crippen LogP contribution in [0.25, 0.3) is 27.8 Å². The standard InChI is InChI=1S/C19H15N7O/c1-27-19-18-15(21-12-22-19)10-23-25(18)11-17-24-14-9-20-8-7-16(14)26(17)13-5-3-2-4-6-13/h2-10,12H,11H2,1H3. The highest BCUT2D eigenvalue weighted by atomic mass is 16.5. The average Bonchev–Trinajstić information content (AvgIpc) is 3.30. The molecule has 4 heterocycles. The number of pyridine rings is 1. The van der Waals surface area contributed by atoms with Gasteiger partial charge in [0, 0.05) is 11.9 Å². The van der Waals surface area contributed by atoms with Gasteiger partial charge in [0.05, 0.1) is 25.0 Å². The van der Waals surface area contributed by atoms with Gasteiger partial charge in [-0.2, -0.15) is 10.1 Å². The molecule has 8 nitrogen and oxygen atoms in total. The first-order valence-electron chi connectivity index (χ1n) is 8.42. The molecule has 0 aliphatic heterocycles. The summed E-state index contributed by atoms with van der Waals surface area (Å²) in [6, 6.07) is 12.1. The molecule has 0 fully saturated rings. The number of benzene rings is 1. The Morgan fingerprint density at radius 3 is 2.74 bits per heavy atom. The Morgan fingerprint density at radius 1 is 1.00 bits per heavy atom. The maximum atomic E-state index is 5.39. The largest absolute Gasteiger partial charge is 0.479 e. The second-order valence-electron chi connectivity index (χ2n) is 5.98. The van der Waals surface area contributed by atoms with Crippen LogP contribution in [-0.2, 0) is 6.54 Å². The summed E-state index contributed by atoms with van der Waals surface area (Å²) in [5.41, 5.74) is 4.32. The van der Waals surface area contributed by atoms with Crippen LogP contribution in [0.2, 0.25) is 0 Å². The Hall–Kier alpha value is -3.81. The third kappa shape index (κ3) is 2.50. The molecule has 0 bridgehead atoms. The zero-order valence-corrected chi connectivity index (χ0v) is 14.5. The first-order valence-corrected chi connectivity index (χ1v) is 8.42. The minimum absolute atomic E-state index is 0.441. The van der Waals surface area contributed by atoms with Crippen molar-refractivity contribution in [3.8, 4) is 11.6 Å². The molecule has 1 aromatic carbocycles. The highest BCUT2D eigenvalue weighted by Gasteiger charge is 2.17. The maximum Gasteiger partial charge on any atom is 0.243 e. The van der Waals surface area contributed by atoms with E-state index >= 15 is 0 Å². The van der Waals surface area contributed by atoms with E-state index in [0.717, 1.165) is 33.6 Å². The average molecular weight is 357 g/mol. The number of imidazole rings is 1. The third-order valence-electron chi connectivity index (χ3n) is 4.42. The Bertz CT molecular complexity index is 1240. The fraction of sp³-hybridized carbons (Fsp3) is 0.105. The van der Waals surface area contributed by atoms with Crippen LogP contribution >= 0.6 is 0 Å². The number of para-hydroxylation sites is 1. The molecular formula is C19H15N7O.